The van der Waals surface area contributed by atoms with Crippen LogP contribution in [-0.4, -0.2) is 9.78 Å². The maximum Gasteiger partial charge on any atom is 0.120 e. The second kappa shape index (κ2) is 6.75. The highest BCUT2D eigenvalue weighted by molar-refractivity contribution is 5.09. The van der Waals surface area contributed by atoms with Gasteiger partial charge in [0, 0.05) is 12.7 Å². The van der Waals surface area contributed by atoms with Crippen LogP contribution >= 0.6 is 0 Å². The van der Waals surface area contributed by atoms with E-state index in [1.165, 1.54) is 0 Å². The topological polar surface area (TPSA) is 43.0 Å². The molecule has 1 N–H and O–H groups in total. The average Bonchev–Trinajstić information content (AvgIpc) is 3.07. The van der Waals surface area contributed by atoms with Crippen LogP contribution in [0.25, 0.3) is 0 Å². The lowest BCUT2D eigenvalue weighted by molar-refractivity contribution is 0.406. The van der Waals surface area contributed by atoms with Crippen molar-refractivity contribution in [2.45, 2.75) is 59.2 Å². The smallest absolute Gasteiger partial charge is 0.120 e. The van der Waals surface area contributed by atoms with Gasteiger partial charge in [-0.15, -0.1) is 0 Å². The fraction of sp³-hybridized carbons (Fsp3) is 0.562. The molecule has 0 radical (unpaired) electrons. The first kappa shape index (κ1) is 14.9. The zero-order valence-electron chi connectivity index (χ0n) is 12.9. The quantitative estimate of drug-likeness (QED) is 0.830. The molecule has 2 aromatic heterocycles. The average molecular weight is 275 g/mol. The number of aromatic nitrogens is 2. The van der Waals surface area contributed by atoms with Gasteiger partial charge in [0.1, 0.15) is 11.5 Å². The summed E-state index contributed by atoms with van der Waals surface area (Å²) < 4.78 is 7.71. The summed E-state index contributed by atoms with van der Waals surface area (Å²) in [6.45, 7) is 9.24. The Morgan fingerprint density at radius 1 is 1.25 bits per heavy atom. The minimum Gasteiger partial charge on any atom is -0.465 e. The minimum atomic E-state index is 0.196. The van der Waals surface area contributed by atoms with Crippen molar-refractivity contribution in [1.29, 1.82) is 0 Å². The highest BCUT2D eigenvalue weighted by atomic mass is 16.3. The number of rotatable bonds is 7. The first-order chi connectivity index (χ1) is 9.63. The molecule has 0 saturated heterocycles. The van der Waals surface area contributed by atoms with Crippen molar-refractivity contribution in [3.8, 4) is 0 Å². The van der Waals surface area contributed by atoms with Crippen LogP contribution in [0.5, 0.6) is 0 Å². The number of aryl methyl sites for hydroxylation is 1. The summed E-state index contributed by atoms with van der Waals surface area (Å²) >= 11 is 0. The molecule has 2 rings (SSSR count). The Kier molecular flexibility index (Phi) is 5.01. The number of nitrogens with one attached hydrogen (secondary N) is 1. The van der Waals surface area contributed by atoms with E-state index in [2.05, 4.69) is 48.1 Å². The molecular formula is C16H25N3O. The molecule has 110 valence electrons. The fourth-order valence-electron chi connectivity index (χ4n) is 2.38. The van der Waals surface area contributed by atoms with Crippen molar-refractivity contribution in [3.05, 3.63) is 41.6 Å². The van der Waals surface area contributed by atoms with Crippen LogP contribution in [0.4, 0.5) is 0 Å². The van der Waals surface area contributed by atoms with Crippen molar-refractivity contribution < 1.29 is 4.42 Å². The van der Waals surface area contributed by atoms with E-state index in [1.54, 1.807) is 0 Å². The molecule has 0 aliphatic carbocycles. The van der Waals surface area contributed by atoms with Crippen LogP contribution in [0.1, 0.15) is 62.9 Å². The first-order valence-electron chi connectivity index (χ1n) is 7.47. The molecule has 0 aromatic carbocycles. The second-order valence-corrected chi connectivity index (χ2v) is 5.31. The summed E-state index contributed by atoms with van der Waals surface area (Å²) in [5.74, 6) is 1.92. The van der Waals surface area contributed by atoms with Gasteiger partial charge in [-0.05, 0) is 44.9 Å². The summed E-state index contributed by atoms with van der Waals surface area (Å²) in [7, 11) is 0. The molecule has 2 heterocycles. The molecule has 0 saturated carbocycles. The van der Waals surface area contributed by atoms with Crippen molar-refractivity contribution in [3.63, 3.8) is 0 Å². The van der Waals surface area contributed by atoms with E-state index in [0.29, 0.717) is 6.04 Å². The molecule has 2 aromatic rings. The van der Waals surface area contributed by atoms with Crippen molar-refractivity contribution in [2.75, 3.05) is 0 Å². The van der Waals surface area contributed by atoms with E-state index in [4.69, 9.17) is 4.42 Å². The Labute approximate surface area is 121 Å². The summed E-state index contributed by atoms with van der Waals surface area (Å²) in [6, 6.07) is 6.81. The molecule has 4 heteroatoms. The van der Waals surface area contributed by atoms with Gasteiger partial charge in [-0.25, -0.2) is 0 Å². The molecule has 0 bridgehead atoms. The van der Waals surface area contributed by atoms with E-state index in [1.807, 2.05) is 19.1 Å². The lowest BCUT2D eigenvalue weighted by atomic mass is 10.2. The van der Waals surface area contributed by atoms with Crippen LogP contribution < -0.4 is 5.32 Å². The van der Waals surface area contributed by atoms with E-state index < -0.39 is 0 Å². The highest BCUT2D eigenvalue weighted by Gasteiger charge is 2.11. The molecule has 1 unspecified atom stereocenters. The zero-order valence-corrected chi connectivity index (χ0v) is 12.9. The Morgan fingerprint density at radius 3 is 2.60 bits per heavy atom. The van der Waals surface area contributed by atoms with E-state index in [-0.39, 0.29) is 6.04 Å². The van der Waals surface area contributed by atoms with Crippen molar-refractivity contribution in [1.82, 2.24) is 15.1 Å². The largest absolute Gasteiger partial charge is 0.465 e. The molecule has 0 spiro atoms. The fourth-order valence-corrected chi connectivity index (χ4v) is 2.38. The maximum atomic E-state index is 5.62. The van der Waals surface area contributed by atoms with Gasteiger partial charge < -0.3 is 9.73 Å². The molecule has 4 nitrogen and oxygen atoms in total. The molecule has 0 aliphatic heterocycles. The lowest BCUT2D eigenvalue weighted by Crippen LogP contribution is -2.18. The van der Waals surface area contributed by atoms with Gasteiger partial charge in [0.25, 0.3) is 0 Å². The standard InChI is InChI=1S/C16H25N3O/c1-5-15(6-2)19-10-9-14(18-19)11-17-13(4)16-8-7-12(3)20-16/h7-10,13,15,17H,5-6,11H2,1-4H3. The zero-order chi connectivity index (χ0) is 14.5. The van der Waals surface area contributed by atoms with Crippen LogP contribution in [0.15, 0.2) is 28.8 Å². The van der Waals surface area contributed by atoms with Crippen LogP contribution in [0.2, 0.25) is 0 Å². The van der Waals surface area contributed by atoms with Gasteiger partial charge in [-0.1, -0.05) is 13.8 Å². The lowest BCUT2D eigenvalue weighted by Gasteiger charge is -2.13. The maximum absolute atomic E-state index is 5.62. The van der Waals surface area contributed by atoms with Crippen LogP contribution in [0, 0.1) is 6.92 Å². The van der Waals surface area contributed by atoms with Crippen LogP contribution in [-0.2, 0) is 6.54 Å². The Hall–Kier alpha value is -1.55. The molecule has 0 fully saturated rings. The van der Waals surface area contributed by atoms with Crippen molar-refractivity contribution >= 4 is 0 Å². The van der Waals surface area contributed by atoms with Gasteiger partial charge in [-0.2, -0.15) is 5.10 Å². The molecule has 0 amide bonds. The number of hydrogen-bond acceptors (Lipinski definition) is 3. The van der Waals surface area contributed by atoms with E-state index in [9.17, 15) is 0 Å². The number of hydrogen-bond donors (Lipinski definition) is 1. The van der Waals surface area contributed by atoms with Gasteiger partial charge in [0.15, 0.2) is 0 Å². The van der Waals surface area contributed by atoms with Gasteiger partial charge in [0.2, 0.25) is 0 Å². The van der Waals surface area contributed by atoms with Gasteiger partial charge in [0.05, 0.1) is 17.8 Å². The molecule has 0 aliphatic rings. The molecule has 1 atom stereocenters. The third kappa shape index (κ3) is 3.51. The summed E-state index contributed by atoms with van der Waals surface area (Å²) in [5, 5.41) is 8.09. The third-order valence-electron chi connectivity index (χ3n) is 3.76. The minimum absolute atomic E-state index is 0.196. The summed E-state index contributed by atoms with van der Waals surface area (Å²) in [6.07, 6.45) is 4.32. The van der Waals surface area contributed by atoms with Crippen molar-refractivity contribution in [2.24, 2.45) is 0 Å². The monoisotopic (exact) mass is 275 g/mol. The summed E-state index contributed by atoms with van der Waals surface area (Å²) in [4.78, 5) is 0. The second-order valence-electron chi connectivity index (χ2n) is 5.31. The Bertz CT molecular complexity index is 525. The van der Waals surface area contributed by atoms with E-state index in [0.717, 1.165) is 36.6 Å². The van der Waals surface area contributed by atoms with Crippen LogP contribution in [0.3, 0.4) is 0 Å². The first-order valence-corrected chi connectivity index (χ1v) is 7.47. The predicted molar refractivity (Wildman–Crippen MR) is 80.5 cm³/mol. The van der Waals surface area contributed by atoms with E-state index >= 15 is 0 Å². The Balaban J connectivity index is 1.91. The van der Waals surface area contributed by atoms with Gasteiger partial charge in [-0.3, -0.25) is 4.68 Å². The normalized spacial score (nSPS) is 13.1. The van der Waals surface area contributed by atoms with Gasteiger partial charge >= 0.3 is 0 Å². The number of furan rings is 1. The number of nitrogens with zero attached hydrogens (tertiary/aromatic N) is 2. The third-order valence-corrected chi connectivity index (χ3v) is 3.76. The molecule has 20 heavy (non-hydrogen) atoms. The molecular weight excluding hydrogens is 250 g/mol. The SMILES string of the molecule is CCC(CC)n1ccc(CNC(C)c2ccc(C)o2)n1. The Morgan fingerprint density at radius 2 is 2.00 bits per heavy atom. The predicted octanol–water partition coefficient (Wildman–Crippen LogP) is 4.00. The highest BCUT2D eigenvalue weighted by Crippen LogP contribution is 2.17. The summed E-state index contributed by atoms with van der Waals surface area (Å²) in [5.41, 5.74) is 1.08.